The van der Waals surface area contributed by atoms with Gasteiger partial charge in [-0.15, -0.1) is 0 Å². The van der Waals surface area contributed by atoms with Gasteiger partial charge < -0.3 is 14.4 Å². The largest absolute Gasteiger partial charge is 0.411 e. The third-order valence-electron chi connectivity index (χ3n) is 2.04. The Kier molecular flexibility index (Phi) is 6.06. The molecule has 1 aromatic heterocycles. The van der Waals surface area contributed by atoms with Crippen LogP contribution in [0.25, 0.3) is 0 Å². The molecule has 0 radical (unpaired) electrons. The fourth-order valence-corrected chi connectivity index (χ4v) is 1.23. The summed E-state index contributed by atoms with van der Waals surface area (Å²) in [5, 5.41) is 12.2. The van der Waals surface area contributed by atoms with Crippen molar-refractivity contribution >= 4 is 0 Å². The zero-order chi connectivity index (χ0) is 13.4. The van der Waals surface area contributed by atoms with E-state index in [-0.39, 0.29) is 19.6 Å². The highest BCUT2D eigenvalue weighted by Crippen LogP contribution is 2.14. The molecule has 1 aromatic rings. The molecule has 0 atom stereocenters. The third kappa shape index (κ3) is 6.55. The summed E-state index contributed by atoms with van der Waals surface area (Å²) >= 11 is 0. The molecule has 0 amide bonds. The van der Waals surface area contributed by atoms with E-state index < -0.39 is 12.8 Å². The highest BCUT2D eigenvalue weighted by molar-refractivity contribution is 4.86. The van der Waals surface area contributed by atoms with Gasteiger partial charge >= 0.3 is 6.18 Å². The van der Waals surface area contributed by atoms with Crippen molar-refractivity contribution in [2.45, 2.75) is 31.9 Å². The lowest BCUT2D eigenvalue weighted by atomic mass is 10.2. The highest BCUT2D eigenvalue weighted by Gasteiger charge is 2.27. The molecule has 5 nitrogen and oxygen atoms in total. The molecule has 0 fully saturated rings. The minimum atomic E-state index is -4.31. The predicted molar refractivity (Wildman–Crippen MR) is 54.9 cm³/mol. The summed E-state index contributed by atoms with van der Waals surface area (Å²) in [5.74, 6) is 0.755. The van der Waals surface area contributed by atoms with Crippen LogP contribution >= 0.6 is 0 Å². The number of unbranched alkanes of at least 4 members (excludes halogenated alkanes) is 1. The van der Waals surface area contributed by atoms with Crippen molar-refractivity contribution in [3.63, 3.8) is 0 Å². The Morgan fingerprint density at radius 1 is 1.22 bits per heavy atom. The van der Waals surface area contributed by atoms with E-state index in [9.17, 15) is 13.2 Å². The van der Waals surface area contributed by atoms with Gasteiger partial charge in [0.15, 0.2) is 5.82 Å². The second-order valence-electron chi connectivity index (χ2n) is 3.70. The van der Waals surface area contributed by atoms with Crippen molar-refractivity contribution in [1.82, 2.24) is 10.1 Å². The van der Waals surface area contributed by atoms with Crippen LogP contribution in [0.3, 0.4) is 0 Å². The van der Waals surface area contributed by atoms with Gasteiger partial charge in [-0.25, -0.2) is 0 Å². The second kappa shape index (κ2) is 7.32. The fourth-order valence-electron chi connectivity index (χ4n) is 1.23. The summed E-state index contributed by atoms with van der Waals surface area (Å²) in [7, 11) is 0. The van der Waals surface area contributed by atoms with Gasteiger partial charge in [0.2, 0.25) is 5.89 Å². The van der Waals surface area contributed by atoms with Gasteiger partial charge in [0, 0.05) is 19.4 Å². The summed E-state index contributed by atoms with van der Waals surface area (Å²) in [6.45, 7) is -1.27. The van der Waals surface area contributed by atoms with Crippen molar-refractivity contribution in [2.24, 2.45) is 0 Å². The predicted octanol–water partition coefficient (Wildman–Crippen LogP) is 1.51. The van der Waals surface area contributed by atoms with E-state index in [2.05, 4.69) is 14.9 Å². The first-order valence-corrected chi connectivity index (χ1v) is 5.58. The molecule has 0 saturated carbocycles. The number of aryl methyl sites for hydroxylation is 1. The van der Waals surface area contributed by atoms with Crippen LogP contribution in [-0.2, 0) is 17.6 Å². The first-order chi connectivity index (χ1) is 8.51. The van der Waals surface area contributed by atoms with E-state index in [0.29, 0.717) is 24.6 Å². The number of hydrogen-bond acceptors (Lipinski definition) is 5. The number of hydrogen-bond donors (Lipinski definition) is 1. The van der Waals surface area contributed by atoms with Gasteiger partial charge in [0.25, 0.3) is 0 Å². The van der Waals surface area contributed by atoms with Crippen molar-refractivity contribution < 1.29 is 27.5 Å². The van der Waals surface area contributed by atoms with E-state index in [1.165, 1.54) is 0 Å². The Bertz CT molecular complexity index is 341. The average Bonchev–Trinajstić information content (AvgIpc) is 2.72. The molecule has 18 heavy (non-hydrogen) atoms. The fraction of sp³-hybridized carbons (Fsp3) is 0.800. The average molecular weight is 268 g/mol. The molecule has 1 heterocycles. The number of aliphatic hydroxyl groups is 1. The Morgan fingerprint density at radius 2 is 2.00 bits per heavy atom. The topological polar surface area (TPSA) is 68.4 Å². The van der Waals surface area contributed by atoms with Crippen molar-refractivity contribution in [1.29, 1.82) is 0 Å². The molecule has 0 aliphatic rings. The molecule has 1 rings (SSSR count). The molecule has 0 bridgehead atoms. The first kappa shape index (κ1) is 14.9. The number of aliphatic hydroxyl groups excluding tert-OH is 1. The van der Waals surface area contributed by atoms with Gasteiger partial charge in [0.05, 0.1) is 6.61 Å². The monoisotopic (exact) mass is 268 g/mol. The van der Waals surface area contributed by atoms with Crippen LogP contribution < -0.4 is 0 Å². The third-order valence-corrected chi connectivity index (χ3v) is 2.04. The second-order valence-corrected chi connectivity index (χ2v) is 3.70. The van der Waals surface area contributed by atoms with E-state index in [1.807, 2.05) is 0 Å². The van der Waals surface area contributed by atoms with E-state index in [0.717, 1.165) is 6.42 Å². The van der Waals surface area contributed by atoms with Crippen LogP contribution in [0.15, 0.2) is 4.52 Å². The molecule has 0 aliphatic heterocycles. The van der Waals surface area contributed by atoms with Crippen LogP contribution in [0.4, 0.5) is 13.2 Å². The lowest BCUT2D eigenvalue weighted by molar-refractivity contribution is -0.173. The van der Waals surface area contributed by atoms with Crippen LogP contribution in [-0.4, -0.2) is 41.2 Å². The van der Waals surface area contributed by atoms with Crippen molar-refractivity contribution in [2.75, 3.05) is 19.8 Å². The van der Waals surface area contributed by atoms with Gasteiger partial charge in [-0.1, -0.05) is 5.16 Å². The number of halogens is 3. The van der Waals surface area contributed by atoms with E-state index in [4.69, 9.17) is 9.63 Å². The number of ether oxygens (including phenoxy) is 1. The molecular weight excluding hydrogens is 253 g/mol. The Hall–Kier alpha value is -1.15. The minimum absolute atomic E-state index is 0.102. The maximum atomic E-state index is 11.8. The van der Waals surface area contributed by atoms with E-state index >= 15 is 0 Å². The Labute approximate surface area is 102 Å². The number of aromatic nitrogens is 2. The minimum Gasteiger partial charge on any atom is -0.396 e. The van der Waals surface area contributed by atoms with Gasteiger partial charge in [-0.3, -0.25) is 0 Å². The summed E-state index contributed by atoms with van der Waals surface area (Å²) in [6.07, 6.45) is -2.21. The van der Waals surface area contributed by atoms with Crippen LogP contribution in [0.2, 0.25) is 0 Å². The molecule has 0 unspecified atom stereocenters. The number of alkyl halides is 3. The quantitative estimate of drug-likeness (QED) is 0.724. The molecule has 0 saturated heterocycles. The zero-order valence-corrected chi connectivity index (χ0v) is 9.74. The SMILES string of the molecule is OCCCCc1nc(CCOCC(F)(F)F)no1. The molecule has 1 N–H and O–H groups in total. The first-order valence-electron chi connectivity index (χ1n) is 5.58. The zero-order valence-electron chi connectivity index (χ0n) is 9.74. The van der Waals surface area contributed by atoms with Gasteiger partial charge in [-0.05, 0) is 12.8 Å². The lowest BCUT2D eigenvalue weighted by Gasteiger charge is -2.05. The summed E-state index contributed by atoms with van der Waals surface area (Å²) in [5.41, 5.74) is 0. The smallest absolute Gasteiger partial charge is 0.396 e. The summed E-state index contributed by atoms with van der Waals surface area (Å²) in [4.78, 5) is 4.00. The van der Waals surface area contributed by atoms with Gasteiger partial charge in [-0.2, -0.15) is 18.2 Å². The van der Waals surface area contributed by atoms with Crippen LogP contribution in [0.1, 0.15) is 24.6 Å². The normalized spacial score (nSPS) is 12.0. The summed E-state index contributed by atoms with van der Waals surface area (Å²) in [6, 6.07) is 0. The van der Waals surface area contributed by atoms with Crippen LogP contribution in [0.5, 0.6) is 0 Å². The van der Waals surface area contributed by atoms with Crippen molar-refractivity contribution in [3.8, 4) is 0 Å². The molecule has 8 heteroatoms. The van der Waals surface area contributed by atoms with E-state index in [1.54, 1.807) is 0 Å². The summed E-state index contributed by atoms with van der Waals surface area (Å²) < 4.78 is 44.6. The van der Waals surface area contributed by atoms with Crippen LogP contribution in [0, 0.1) is 0 Å². The number of rotatable bonds is 8. The van der Waals surface area contributed by atoms with Crippen molar-refractivity contribution in [3.05, 3.63) is 11.7 Å². The maximum absolute atomic E-state index is 11.8. The maximum Gasteiger partial charge on any atom is 0.411 e. The lowest BCUT2D eigenvalue weighted by Crippen LogP contribution is -2.18. The molecule has 0 aromatic carbocycles. The Morgan fingerprint density at radius 3 is 2.67 bits per heavy atom. The van der Waals surface area contributed by atoms with Gasteiger partial charge in [0.1, 0.15) is 6.61 Å². The number of nitrogens with zero attached hydrogens (tertiary/aromatic N) is 2. The molecule has 104 valence electrons. The Balaban J connectivity index is 2.19. The molecular formula is C10H15F3N2O3. The molecule has 0 spiro atoms. The molecule has 0 aliphatic carbocycles. The highest BCUT2D eigenvalue weighted by atomic mass is 19.4. The standard InChI is InChI=1S/C10H15F3N2O3/c11-10(12,13)7-17-6-4-8-14-9(18-15-8)3-1-2-5-16/h16H,1-7H2.